The molecule has 1 amide bonds. The Balaban J connectivity index is 1.73. The lowest BCUT2D eigenvalue weighted by molar-refractivity contribution is -0.111. The zero-order chi connectivity index (χ0) is 22.2. The van der Waals surface area contributed by atoms with E-state index in [-0.39, 0.29) is 5.91 Å². The van der Waals surface area contributed by atoms with E-state index in [1.54, 1.807) is 6.08 Å². The molecule has 0 aliphatic heterocycles. The molecule has 2 aromatic carbocycles. The Morgan fingerprint density at radius 3 is 2.45 bits per heavy atom. The molecule has 3 rings (SSSR count). The number of ether oxygens (including phenoxy) is 2. The highest BCUT2D eigenvalue weighted by atomic mass is 79.9. The summed E-state index contributed by atoms with van der Waals surface area (Å²) in [5.74, 6) is 1.13. The molecule has 0 aliphatic rings. The van der Waals surface area contributed by atoms with Gasteiger partial charge in [-0.2, -0.15) is 0 Å². The van der Waals surface area contributed by atoms with E-state index in [0.29, 0.717) is 29.8 Å². The van der Waals surface area contributed by atoms with Crippen molar-refractivity contribution in [3.05, 3.63) is 63.5 Å². The van der Waals surface area contributed by atoms with Gasteiger partial charge in [-0.3, -0.25) is 10.1 Å². The number of thiazole rings is 1. The Labute approximate surface area is 195 Å². The predicted molar refractivity (Wildman–Crippen MR) is 131 cm³/mol. The molecular formula is C24H25BrN2O3S. The first-order chi connectivity index (χ1) is 15.0. The molecule has 0 saturated carbocycles. The van der Waals surface area contributed by atoms with Crippen molar-refractivity contribution in [1.82, 2.24) is 4.98 Å². The summed E-state index contributed by atoms with van der Waals surface area (Å²) in [6.45, 7) is 7.04. The van der Waals surface area contributed by atoms with Crippen LogP contribution in [0.3, 0.4) is 0 Å². The van der Waals surface area contributed by atoms with Crippen LogP contribution in [0.2, 0.25) is 0 Å². The first-order valence-electron chi connectivity index (χ1n) is 10.2. The van der Waals surface area contributed by atoms with Crippen LogP contribution in [0, 0.1) is 0 Å². The largest absolute Gasteiger partial charge is 0.490 e. The molecule has 7 heteroatoms. The van der Waals surface area contributed by atoms with Gasteiger partial charge in [0.1, 0.15) is 0 Å². The van der Waals surface area contributed by atoms with E-state index in [2.05, 4.69) is 33.2 Å². The van der Waals surface area contributed by atoms with E-state index in [1.807, 2.05) is 56.3 Å². The van der Waals surface area contributed by atoms with Crippen molar-refractivity contribution in [2.45, 2.75) is 27.2 Å². The fraction of sp³-hybridized carbons (Fsp3) is 0.250. The molecule has 0 saturated heterocycles. The molecule has 5 nitrogen and oxygen atoms in total. The Morgan fingerprint density at radius 1 is 1.06 bits per heavy atom. The highest BCUT2D eigenvalue weighted by Gasteiger charge is 2.13. The monoisotopic (exact) mass is 500 g/mol. The average Bonchev–Trinajstić information content (AvgIpc) is 3.17. The fourth-order valence-electron chi connectivity index (χ4n) is 2.97. The fourth-order valence-corrected chi connectivity index (χ4v) is 4.16. The molecule has 0 bridgehead atoms. The van der Waals surface area contributed by atoms with Crippen LogP contribution >= 0.6 is 27.3 Å². The Hall–Kier alpha value is -2.64. The van der Waals surface area contributed by atoms with Crippen molar-refractivity contribution < 1.29 is 14.3 Å². The van der Waals surface area contributed by atoms with E-state index in [9.17, 15) is 4.79 Å². The minimum absolute atomic E-state index is 0.231. The van der Waals surface area contributed by atoms with Gasteiger partial charge in [-0.1, -0.05) is 41.1 Å². The molecule has 0 spiro atoms. The SMILES string of the molecule is CCOc1ccc(/C=C/C(=O)Nc2nc(-c3ccc(Br)cc3)c(CC)s2)cc1OCC. The topological polar surface area (TPSA) is 60.5 Å². The molecule has 0 radical (unpaired) electrons. The van der Waals surface area contributed by atoms with Crippen molar-refractivity contribution in [3.63, 3.8) is 0 Å². The van der Waals surface area contributed by atoms with Gasteiger partial charge in [0.25, 0.3) is 0 Å². The summed E-state index contributed by atoms with van der Waals surface area (Å²) in [4.78, 5) is 18.2. The van der Waals surface area contributed by atoms with Crippen LogP contribution in [0.5, 0.6) is 11.5 Å². The number of rotatable bonds is 9. The van der Waals surface area contributed by atoms with E-state index < -0.39 is 0 Å². The lowest BCUT2D eigenvalue weighted by atomic mass is 10.1. The summed E-state index contributed by atoms with van der Waals surface area (Å²) in [5.41, 5.74) is 2.79. The van der Waals surface area contributed by atoms with Gasteiger partial charge in [-0.05, 0) is 56.2 Å². The molecule has 0 fully saturated rings. The van der Waals surface area contributed by atoms with Crippen molar-refractivity contribution in [2.24, 2.45) is 0 Å². The smallest absolute Gasteiger partial charge is 0.250 e. The third kappa shape index (κ3) is 6.18. The van der Waals surface area contributed by atoms with Gasteiger partial charge in [0.05, 0.1) is 18.9 Å². The standard InChI is InChI=1S/C24H25BrN2O3S/c1-4-21-23(17-9-11-18(25)12-10-17)27-24(31-21)26-22(28)14-8-16-7-13-19(29-5-2)20(15-16)30-6-3/h7-15H,4-6H2,1-3H3,(H,26,27,28)/b14-8+. The molecule has 3 aromatic rings. The Morgan fingerprint density at radius 2 is 1.77 bits per heavy atom. The number of carbonyl (C=O) groups excluding carboxylic acids is 1. The van der Waals surface area contributed by atoms with E-state index in [4.69, 9.17) is 9.47 Å². The van der Waals surface area contributed by atoms with Crippen molar-refractivity contribution in [3.8, 4) is 22.8 Å². The first kappa shape index (κ1) is 23.0. The van der Waals surface area contributed by atoms with Crippen LogP contribution in [0.4, 0.5) is 5.13 Å². The van der Waals surface area contributed by atoms with Gasteiger partial charge in [0.15, 0.2) is 16.6 Å². The summed E-state index contributed by atoms with van der Waals surface area (Å²) in [6.07, 6.45) is 4.09. The van der Waals surface area contributed by atoms with Crippen LogP contribution in [0.15, 0.2) is 53.0 Å². The average molecular weight is 501 g/mol. The summed E-state index contributed by atoms with van der Waals surface area (Å²) >= 11 is 4.96. The number of nitrogens with zero attached hydrogens (tertiary/aromatic N) is 1. The second-order valence-electron chi connectivity index (χ2n) is 6.55. The maximum Gasteiger partial charge on any atom is 0.250 e. The van der Waals surface area contributed by atoms with E-state index in [1.165, 1.54) is 17.4 Å². The second kappa shape index (κ2) is 11.1. The van der Waals surface area contributed by atoms with Crippen molar-refractivity contribution >= 4 is 44.4 Å². The van der Waals surface area contributed by atoms with Crippen LogP contribution < -0.4 is 14.8 Å². The highest BCUT2D eigenvalue weighted by molar-refractivity contribution is 9.10. The third-order valence-electron chi connectivity index (χ3n) is 4.36. The van der Waals surface area contributed by atoms with Crippen LogP contribution in [-0.4, -0.2) is 24.1 Å². The normalized spacial score (nSPS) is 11.0. The number of aromatic nitrogens is 1. The third-order valence-corrected chi connectivity index (χ3v) is 6.00. The highest BCUT2D eigenvalue weighted by Crippen LogP contribution is 2.32. The van der Waals surface area contributed by atoms with Crippen LogP contribution in [0.25, 0.3) is 17.3 Å². The van der Waals surface area contributed by atoms with Gasteiger partial charge >= 0.3 is 0 Å². The quantitative estimate of drug-likeness (QED) is 0.337. The summed E-state index contributed by atoms with van der Waals surface area (Å²) in [5, 5.41) is 3.47. The minimum Gasteiger partial charge on any atom is -0.490 e. The number of amides is 1. The molecule has 162 valence electrons. The number of halogens is 1. The summed E-state index contributed by atoms with van der Waals surface area (Å²) in [6, 6.07) is 13.6. The zero-order valence-corrected chi connectivity index (χ0v) is 20.2. The van der Waals surface area contributed by atoms with Gasteiger partial charge in [0, 0.05) is 21.0 Å². The number of carbonyl (C=O) groups is 1. The van der Waals surface area contributed by atoms with E-state index in [0.717, 1.165) is 32.6 Å². The number of nitrogens with one attached hydrogen (secondary N) is 1. The Bertz CT molecular complexity index is 1060. The first-order valence-corrected chi connectivity index (χ1v) is 11.8. The molecule has 1 aromatic heterocycles. The van der Waals surface area contributed by atoms with Gasteiger partial charge in [-0.15, -0.1) is 11.3 Å². The molecule has 0 atom stereocenters. The summed E-state index contributed by atoms with van der Waals surface area (Å²) < 4.78 is 12.2. The molecule has 1 heterocycles. The van der Waals surface area contributed by atoms with Gasteiger partial charge in [0.2, 0.25) is 5.91 Å². The number of aryl methyl sites for hydroxylation is 1. The van der Waals surface area contributed by atoms with E-state index >= 15 is 0 Å². The lowest BCUT2D eigenvalue weighted by Crippen LogP contribution is -2.07. The zero-order valence-electron chi connectivity index (χ0n) is 17.8. The van der Waals surface area contributed by atoms with Crippen molar-refractivity contribution in [2.75, 3.05) is 18.5 Å². The Kier molecular flexibility index (Phi) is 8.26. The number of hydrogen-bond donors (Lipinski definition) is 1. The molecule has 0 aliphatic carbocycles. The van der Waals surface area contributed by atoms with Crippen molar-refractivity contribution in [1.29, 1.82) is 0 Å². The minimum atomic E-state index is -0.231. The molecule has 1 N–H and O–H groups in total. The van der Waals surface area contributed by atoms with Crippen LogP contribution in [-0.2, 0) is 11.2 Å². The molecular weight excluding hydrogens is 476 g/mol. The second-order valence-corrected chi connectivity index (χ2v) is 8.55. The molecule has 31 heavy (non-hydrogen) atoms. The van der Waals surface area contributed by atoms with Gasteiger partial charge in [-0.25, -0.2) is 4.98 Å². The number of hydrogen-bond acceptors (Lipinski definition) is 5. The maximum absolute atomic E-state index is 12.5. The maximum atomic E-state index is 12.5. The van der Waals surface area contributed by atoms with Gasteiger partial charge < -0.3 is 9.47 Å². The summed E-state index contributed by atoms with van der Waals surface area (Å²) in [7, 11) is 0. The lowest BCUT2D eigenvalue weighted by Gasteiger charge is -2.11. The predicted octanol–water partition coefficient (Wildman–Crippen LogP) is 6.58. The number of benzene rings is 2. The van der Waals surface area contributed by atoms with Crippen LogP contribution in [0.1, 0.15) is 31.2 Å². The molecule has 0 unspecified atom stereocenters. The number of anilines is 1.